The Morgan fingerprint density at radius 3 is 2.38 bits per heavy atom. The first-order chi connectivity index (χ1) is 17.4. The van der Waals surface area contributed by atoms with Crippen LogP contribution in [0, 0.1) is 11.3 Å². The molecule has 2 aromatic carbocycles. The Morgan fingerprint density at radius 1 is 1.14 bits per heavy atom. The average Bonchev–Trinajstić information content (AvgIpc) is 3.23. The molecule has 0 aliphatic rings. The Labute approximate surface area is 214 Å². The van der Waals surface area contributed by atoms with Crippen LogP contribution < -0.4 is 10.1 Å². The quantitative estimate of drug-likeness (QED) is 0.409. The summed E-state index contributed by atoms with van der Waals surface area (Å²) in [6.45, 7) is 6.78. The molecular formula is C27H30N4O6. The molecule has 3 aromatic rings. The first-order valence-electron chi connectivity index (χ1n) is 11.6. The molecule has 0 aliphatic heterocycles. The smallest absolute Gasteiger partial charge is 0.408 e. The summed E-state index contributed by atoms with van der Waals surface area (Å²) in [7, 11) is 1.51. The number of nitrogens with one attached hydrogen (secondary N) is 2. The number of nitrogens with zero attached hydrogens (tertiary/aromatic N) is 2. The highest BCUT2D eigenvalue weighted by Gasteiger charge is 2.29. The van der Waals surface area contributed by atoms with Gasteiger partial charge in [0, 0.05) is 30.6 Å². The Balaban J connectivity index is 1.87. The molecule has 10 heteroatoms. The van der Waals surface area contributed by atoms with Gasteiger partial charge in [0.15, 0.2) is 0 Å². The molecule has 0 bridgehead atoms. The molecule has 1 aromatic heterocycles. The second kappa shape index (κ2) is 11.0. The molecule has 0 saturated heterocycles. The van der Waals surface area contributed by atoms with E-state index in [-0.39, 0.29) is 12.0 Å². The van der Waals surface area contributed by atoms with Gasteiger partial charge >= 0.3 is 12.1 Å². The van der Waals surface area contributed by atoms with E-state index in [1.807, 2.05) is 12.1 Å². The molecule has 3 rings (SSSR count). The number of fused-ring (bicyclic) bond motifs is 1. The Kier molecular flexibility index (Phi) is 8.07. The third kappa shape index (κ3) is 7.01. The number of benzene rings is 2. The van der Waals surface area contributed by atoms with Crippen LogP contribution in [0.5, 0.6) is 11.5 Å². The van der Waals surface area contributed by atoms with Crippen LogP contribution in [0.25, 0.3) is 10.9 Å². The van der Waals surface area contributed by atoms with Crippen molar-refractivity contribution in [1.82, 2.24) is 15.2 Å². The van der Waals surface area contributed by atoms with E-state index in [9.17, 15) is 19.6 Å². The molecule has 10 nitrogen and oxygen atoms in total. The summed E-state index contributed by atoms with van der Waals surface area (Å²) in [5.41, 5.74) is 0.943. The van der Waals surface area contributed by atoms with Gasteiger partial charge in [0.05, 0.1) is 11.6 Å². The molecule has 194 valence electrons. The van der Waals surface area contributed by atoms with Crippen LogP contribution in [0.1, 0.15) is 43.6 Å². The number of hydrogen-bond donors (Lipinski definition) is 3. The molecule has 0 spiro atoms. The van der Waals surface area contributed by atoms with Crippen molar-refractivity contribution in [1.29, 1.82) is 5.26 Å². The Hall–Kier alpha value is -4.52. The number of aromatic nitrogens is 1. The summed E-state index contributed by atoms with van der Waals surface area (Å²) in [6.07, 6.45) is 1.15. The highest BCUT2D eigenvalue weighted by molar-refractivity contribution is 5.89. The largest absolute Gasteiger partial charge is 0.478 e. The molecular weight excluding hydrogens is 476 g/mol. The number of hydrogen-bond acceptors (Lipinski definition) is 6. The third-order valence-corrected chi connectivity index (χ3v) is 5.60. The number of aromatic amines is 1. The summed E-state index contributed by atoms with van der Waals surface area (Å²) in [5, 5.41) is 21.8. The maximum absolute atomic E-state index is 13.2. The third-order valence-electron chi connectivity index (χ3n) is 5.60. The van der Waals surface area contributed by atoms with Crippen LogP contribution in [-0.2, 0) is 16.0 Å². The molecule has 0 aliphatic carbocycles. The number of amides is 2. The molecule has 0 saturated carbocycles. The van der Waals surface area contributed by atoms with Gasteiger partial charge in [0.2, 0.25) is 5.91 Å². The standard InChI is InChI=1S/C27H30N4O6/c1-16(14-28)31(5)24(32)23(30-26(35)37-27(2,3)4)12-18-15-29-22-11-10-20(13-21(18)22)36-19-8-6-17(7-9-19)25(33)34/h6-11,13,15-16,23,29H,12H2,1-5H3,(H,30,35)(H,33,34). The molecule has 37 heavy (non-hydrogen) atoms. The number of alkyl carbamates (subject to hydrolysis) is 1. The maximum Gasteiger partial charge on any atom is 0.408 e. The van der Waals surface area contributed by atoms with Crippen LogP contribution in [0.15, 0.2) is 48.7 Å². The number of ether oxygens (including phenoxy) is 2. The SMILES string of the molecule is CC(C#N)N(C)C(=O)C(Cc1c[nH]c2ccc(Oc3ccc(C(=O)O)cc3)cc12)NC(=O)OC(C)(C)C. The van der Waals surface area contributed by atoms with Gasteiger partial charge in [0.25, 0.3) is 0 Å². The van der Waals surface area contributed by atoms with Gasteiger partial charge < -0.3 is 29.8 Å². The molecule has 0 radical (unpaired) electrons. The van der Waals surface area contributed by atoms with Crippen LogP contribution in [0.2, 0.25) is 0 Å². The lowest BCUT2D eigenvalue weighted by molar-refractivity contribution is -0.133. The lowest BCUT2D eigenvalue weighted by Gasteiger charge is -2.27. The fraction of sp³-hybridized carbons (Fsp3) is 0.333. The van der Waals surface area contributed by atoms with Crippen molar-refractivity contribution in [2.45, 2.75) is 51.8 Å². The number of carbonyl (C=O) groups excluding carboxylic acids is 2. The van der Waals surface area contributed by atoms with Crippen LogP contribution in [0.4, 0.5) is 4.79 Å². The van der Waals surface area contributed by atoms with Crippen molar-refractivity contribution in [3.05, 3.63) is 59.8 Å². The second-order valence-corrected chi connectivity index (χ2v) is 9.61. The zero-order valence-corrected chi connectivity index (χ0v) is 21.4. The summed E-state index contributed by atoms with van der Waals surface area (Å²) in [4.78, 5) is 41.2. The molecule has 0 fully saturated rings. The lowest BCUT2D eigenvalue weighted by Crippen LogP contribution is -2.51. The van der Waals surface area contributed by atoms with E-state index < -0.39 is 35.7 Å². The molecule has 2 unspecified atom stereocenters. The molecule has 2 amide bonds. The fourth-order valence-corrected chi connectivity index (χ4v) is 3.58. The molecule has 3 N–H and O–H groups in total. The minimum atomic E-state index is -1.02. The minimum Gasteiger partial charge on any atom is -0.478 e. The van der Waals surface area contributed by atoms with E-state index >= 15 is 0 Å². The monoisotopic (exact) mass is 506 g/mol. The first kappa shape index (κ1) is 27.1. The van der Waals surface area contributed by atoms with Crippen LogP contribution >= 0.6 is 0 Å². The summed E-state index contributed by atoms with van der Waals surface area (Å²) in [6, 6.07) is 11.8. The average molecular weight is 507 g/mol. The van der Waals surface area contributed by atoms with Crippen LogP contribution in [-0.4, -0.2) is 57.7 Å². The van der Waals surface area contributed by atoms with Gasteiger partial charge in [-0.05, 0) is 75.7 Å². The van der Waals surface area contributed by atoms with Gasteiger partial charge in [-0.2, -0.15) is 5.26 Å². The van der Waals surface area contributed by atoms with Gasteiger partial charge in [-0.1, -0.05) is 0 Å². The number of aromatic carboxylic acids is 1. The highest BCUT2D eigenvalue weighted by Crippen LogP contribution is 2.28. The van der Waals surface area contributed by atoms with E-state index in [1.165, 1.54) is 24.1 Å². The highest BCUT2D eigenvalue weighted by atomic mass is 16.6. The Bertz CT molecular complexity index is 1330. The van der Waals surface area contributed by atoms with Crippen LogP contribution in [0.3, 0.4) is 0 Å². The fourth-order valence-electron chi connectivity index (χ4n) is 3.58. The molecule has 1 heterocycles. The number of likely N-dealkylation sites (N-methyl/N-ethyl adjacent to an activating group) is 1. The van der Waals surface area contributed by atoms with Gasteiger partial charge in [-0.25, -0.2) is 9.59 Å². The van der Waals surface area contributed by atoms with Crippen molar-refractivity contribution < 1.29 is 29.0 Å². The lowest BCUT2D eigenvalue weighted by atomic mass is 10.0. The zero-order valence-electron chi connectivity index (χ0n) is 21.4. The van der Waals surface area contributed by atoms with E-state index in [2.05, 4.69) is 10.3 Å². The minimum absolute atomic E-state index is 0.136. The predicted molar refractivity (Wildman–Crippen MR) is 136 cm³/mol. The number of carboxylic acids is 1. The number of carboxylic acid groups (broad SMARTS) is 1. The zero-order chi connectivity index (χ0) is 27.3. The molecule has 2 atom stereocenters. The Morgan fingerprint density at radius 2 is 1.78 bits per heavy atom. The van der Waals surface area contributed by atoms with Gasteiger partial charge in [-0.3, -0.25) is 4.79 Å². The normalized spacial score (nSPS) is 12.8. The van der Waals surface area contributed by atoms with E-state index in [4.69, 9.17) is 14.6 Å². The number of H-pyrrole nitrogens is 1. The number of nitriles is 1. The van der Waals surface area contributed by atoms with Gasteiger partial charge in [0.1, 0.15) is 29.2 Å². The maximum atomic E-state index is 13.2. The summed E-state index contributed by atoms with van der Waals surface area (Å²) >= 11 is 0. The summed E-state index contributed by atoms with van der Waals surface area (Å²) in [5.74, 6) is -0.480. The first-order valence-corrected chi connectivity index (χ1v) is 11.6. The van der Waals surface area contributed by atoms with E-state index in [0.717, 1.165) is 16.5 Å². The van der Waals surface area contributed by atoms with E-state index in [0.29, 0.717) is 11.5 Å². The van der Waals surface area contributed by atoms with E-state index in [1.54, 1.807) is 58.2 Å². The summed E-state index contributed by atoms with van der Waals surface area (Å²) < 4.78 is 11.2. The van der Waals surface area contributed by atoms with Crippen molar-refractivity contribution in [2.75, 3.05) is 7.05 Å². The predicted octanol–water partition coefficient (Wildman–Crippen LogP) is 4.46. The van der Waals surface area contributed by atoms with Crippen molar-refractivity contribution >= 4 is 28.9 Å². The van der Waals surface area contributed by atoms with Crippen molar-refractivity contribution in [2.24, 2.45) is 0 Å². The topological polar surface area (TPSA) is 145 Å². The number of rotatable bonds is 8. The number of carbonyl (C=O) groups is 3. The van der Waals surface area contributed by atoms with Crippen molar-refractivity contribution in [3.63, 3.8) is 0 Å². The second-order valence-electron chi connectivity index (χ2n) is 9.61. The van der Waals surface area contributed by atoms with Gasteiger partial charge in [-0.15, -0.1) is 0 Å². The van der Waals surface area contributed by atoms with Crippen molar-refractivity contribution in [3.8, 4) is 17.6 Å².